The zero-order chi connectivity index (χ0) is 12.6. The van der Waals surface area contributed by atoms with E-state index in [0.717, 1.165) is 18.1 Å². The smallest absolute Gasteiger partial charge is 0.187 e. The van der Waals surface area contributed by atoms with Crippen LogP contribution in [0.25, 0.3) is 0 Å². The number of hydrogen-bond donors (Lipinski definition) is 0. The minimum Gasteiger partial charge on any atom is -0.227 e. The van der Waals surface area contributed by atoms with Crippen molar-refractivity contribution in [3.63, 3.8) is 0 Å². The SMILES string of the molecule is Cc1ccc(C(S(C)(=O)=O)S(C)(=O)=O)cc1. The molecule has 0 N–H and O–H groups in total. The third-order valence-corrected chi connectivity index (χ3v) is 6.32. The molecule has 16 heavy (non-hydrogen) atoms. The van der Waals surface area contributed by atoms with Gasteiger partial charge in [0, 0.05) is 12.5 Å². The van der Waals surface area contributed by atoms with Crippen molar-refractivity contribution in [2.45, 2.75) is 11.5 Å². The Balaban J connectivity index is 3.41. The van der Waals surface area contributed by atoms with E-state index >= 15 is 0 Å². The van der Waals surface area contributed by atoms with Gasteiger partial charge in [-0.05, 0) is 12.5 Å². The normalized spacial score (nSPS) is 13.0. The molecule has 0 heterocycles. The number of sulfone groups is 2. The molecule has 1 aromatic carbocycles. The Hall–Kier alpha value is -0.880. The quantitative estimate of drug-likeness (QED) is 0.817. The van der Waals surface area contributed by atoms with Crippen LogP contribution in [0.15, 0.2) is 24.3 Å². The summed E-state index contributed by atoms with van der Waals surface area (Å²) in [7, 11) is -7.35. The molecule has 4 nitrogen and oxygen atoms in total. The Bertz CT molecular complexity index is 536. The zero-order valence-corrected chi connectivity index (χ0v) is 11.0. The van der Waals surface area contributed by atoms with Gasteiger partial charge >= 0.3 is 0 Å². The zero-order valence-electron chi connectivity index (χ0n) is 9.34. The van der Waals surface area contributed by atoms with Crippen molar-refractivity contribution >= 4 is 19.7 Å². The summed E-state index contributed by atoms with van der Waals surface area (Å²) in [6, 6.07) is 6.45. The van der Waals surface area contributed by atoms with Crippen molar-refractivity contribution in [3.05, 3.63) is 35.4 Å². The lowest BCUT2D eigenvalue weighted by Crippen LogP contribution is -2.20. The van der Waals surface area contributed by atoms with E-state index < -0.39 is 24.3 Å². The van der Waals surface area contributed by atoms with Gasteiger partial charge in [-0.3, -0.25) is 0 Å². The Morgan fingerprint density at radius 3 is 1.56 bits per heavy atom. The maximum Gasteiger partial charge on any atom is 0.187 e. The lowest BCUT2D eigenvalue weighted by Gasteiger charge is -2.13. The van der Waals surface area contributed by atoms with Crippen LogP contribution in [0.4, 0.5) is 0 Å². The molecule has 0 atom stereocenters. The second-order valence-corrected chi connectivity index (χ2v) is 8.46. The molecule has 0 saturated heterocycles. The van der Waals surface area contributed by atoms with Crippen LogP contribution in [0.1, 0.15) is 15.7 Å². The van der Waals surface area contributed by atoms with Gasteiger partial charge in [-0.2, -0.15) is 0 Å². The van der Waals surface area contributed by atoms with Crippen LogP contribution in [0, 0.1) is 6.92 Å². The highest BCUT2D eigenvalue weighted by molar-refractivity contribution is 8.07. The van der Waals surface area contributed by atoms with Gasteiger partial charge in [0.1, 0.15) is 0 Å². The highest BCUT2D eigenvalue weighted by Gasteiger charge is 2.32. The van der Waals surface area contributed by atoms with Crippen molar-refractivity contribution < 1.29 is 16.8 Å². The second kappa shape index (κ2) is 4.18. The fraction of sp³-hybridized carbons (Fsp3) is 0.400. The Labute approximate surface area is 96.1 Å². The first-order valence-corrected chi connectivity index (χ1v) is 8.47. The largest absolute Gasteiger partial charge is 0.227 e. The van der Waals surface area contributed by atoms with E-state index in [0.29, 0.717) is 0 Å². The van der Waals surface area contributed by atoms with Gasteiger partial charge in [0.25, 0.3) is 0 Å². The van der Waals surface area contributed by atoms with E-state index in [1.54, 1.807) is 12.1 Å². The van der Waals surface area contributed by atoms with E-state index in [4.69, 9.17) is 0 Å². The van der Waals surface area contributed by atoms with E-state index in [9.17, 15) is 16.8 Å². The highest BCUT2D eigenvalue weighted by atomic mass is 32.3. The summed E-state index contributed by atoms with van der Waals surface area (Å²) in [6.45, 7) is 1.85. The molecule has 0 unspecified atom stereocenters. The molecule has 1 rings (SSSR count). The van der Waals surface area contributed by atoms with Crippen LogP contribution >= 0.6 is 0 Å². The van der Waals surface area contributed by atoms with Gasteiger partial charge in [-0.15, -0.1) is 0 Å². The van der Waals surface area contributed by atoms with E-state index in [1.807, 2.05) is 6.92 Å². The van der Waals surface area contributed by atoms with E-state index in [-0.39, 0.29) is 5.56 Å². The van der Waals surface area contributed by atoms with Gasteiger partial charge in [0.2, 0.25) is 0 Å². The maximum absolute atomic E-state index is 11.5. The van der Waals surface area contributed by atoms with Gasteiger partial charge in [-0.25, -0.2) is 16.8 Å². The van der Waals surface area contributed by atoms with E-state index in [1.165, 1.54) is 12.1 Å². The third kappa shape index (κ3) is 3.05. The molecule has 0 aromatic heterocycles. The molecule has 0 bridgehead atoms. The first kappa shape index (κ1) is 13.2. The van der Waals surface area contributed by atoms with Gasteiger partial charge in [0.05, 0.1) is 0 Å². The summed E-state index contributed by atoms with van der Waals surface area (Å²) in [5, 5.41) is 0. The van der Waals surface area contributed by atoms with Crippen molar-refractivity contribution in [2.24, 2.45) is 0 Å². The van der Waals surface area contributed by atoms with Crippen molar-refractivity contribution in [3.8, 4) is 0 Å². The first-order valence-electron chi connectivity index (χ1n) is 4.56. The predicted molar refractivity (Wildman–Crippen MR) is 63.6 cm³/mol. The minimum absolute atomic E-state index is 0.288. The molecule has 0 aliphatic rings. The third-order valence-electron chi connectivity index (χ3n) is 2.13. The summed E-state index contributed by atoms with van der Waals surface area (Å²) >= 11 is 0. The molecule has 90 valence electrons. The summed E-state index contributed by atoms with van der Waals surface area (Å²) < 4.78 is 44.5. The average Bonchev–Trinajstić information content (AvgIpc) is 2.03. The number of rotatable bonds is 3. The molecule has 0 aliphatic heterocycles. The van der Waals surface area contributed by atoms with Crippen molar-refractivity contribution in [2.75, 3.05) is 12.5 Å². The number of aryl methyl sites for hydroxylation is 1. The fourth-order valence-corrected chi connectivity index (χ4v) is 5.38. The number of hydrogen-bond acceptors (Lipinski definition) is 4. The monoisotopic (exact) mass is 262 g/mol. The maximum atomic E-state index is 11.5. The topological polar surface area (TPSA) is 68.3 Å². The van der Waals surface area contributed by atoms with Crippen molar-refractivity contribution in [1.29, 1.82) is 0 Å². The predicted octanol–water partition coefficient (Wildman–Crippen LogP) is 1.08. The fourth-order valence-electron chi connectivity index (χ4n) is 1.54. The van der Waals surface area contributed by atoms with Crippen LogP contribution in [-0.2, 0) is 19.7 Å². The van der Waals surface area contributed by atoms with Crippen molar-refractivity contribution in [1.82, 2.24) is 0 Å². The van der Waals surface area contributed by atoms with Crippen LogP contribution in [0.5, 0.6) is 0 Å². The lowest BCUT2D eigenvalue weighted by molar-refractivity contribution is 0.583. The van der Waals surface area contributed by atoms with Crippen LogP contribution < -0.4 is 0 Å². The van der Waals surface area contributed by atoms with E-state index in [2.05, 4.69) is 0 Å². The van der Waals surface area contributed by atoms with Crippen LogP contribution in [-0.4, -0.2) is 29.3 Å². The average molecular weight is 262 g/mol. The minimum atomic E-state index is -3.68. The Morgan fingerprint density at radius 1 is 0.875 bits per heavy atom. The summed E-state index contributed by atoms with van der Waals surface area (Å²) in [4.78, 5) is 0. The molecule has 0 radical (unpaired) electrons. The molecule has 0 fully saturated rings. The second-order valence-electron chi connectivity index (χ2n) is 3.90. The van der Waals surface area contributed by atoms with Crippen LogP contribution in [0.2, 0.25) is 0 Å². The van der Waals surface area contributed by atoms with Gasteiger partial charge in [0.15, 0.2) is 24.3 Å². The summed E-state index contributed by atoms with van der Waals surface area (Å²) in [6.07, 6.45) is 1.86. The lowest BCUT2D eigenvalue weighted by atomic mass is 10.2. The molecule has 0 spiro atoms. The first-order chi connectivity index (χ1) is 7.12. The Morgan fingerprint density at radius 2 is 1.25 bits per heavy atom. The van der Waals surface area contributed by atoms with Gasteiger partial charge < -0.3 is 0 Å². The standard InChI is InChI=1S/C10H14O4S2/c1-8-4-6-9(7-5-8)10(15(2,11)12)16(3,13)14/h4-7,10H,1-3H3. The molecule has 1 aromatic rings. The Kier molecular flexibility index (Phi) is 3.44. The molecule has 6 heteroatoms. The highest BCUT2D eigenvalue weighted by Crippen LogP contribution is 2.27. The summed E-state index contributed by atoms with van der Waals surface area (Å²) in [5.41, 5.74) is 1.24. The molecule has 0 saturated carbocycles. The molecular weight excluding hydrogens is 248 g/mol. The number of benzene rings is 1. The molecular formula is C10H14O4S2. The van der Waals surface area contributed by atoms with Crippen LogP contribution in [0.3, 0.4) is 0 Å². The van der Waals surface area contributed by atoms with Gasteiger partial charge in [-0.1, -0.05) is 29.8 Å². The molecule has 0 amide bonds. The molecule has 0 aliphatic carbocycles. The summed E-state index contributed by atoms with van der Waals surface area (Å²) in [5.74, 6) is 0.